The van der Waals surface area contributed by atoms with Gasteiger partial charge < -0.3 is 64.2 Å². The predicted octanol–water partition coefficient (Wildman–Crippen LogP) is 1.39. The molecule has 2 heterocycles. The van der Waals surface area contributed by atoms with Crippen LogP contribution in [-0.2, 0) is 33.2 Å². The van der Waals surface area contributed by atoms with Crippen molar-refractivity contribution in [3.05, 3.63) is 24.3 Å². The molecule has 2 fully saturated rings. The molecular weight excluding hydrogens is 644 g/mol. The van der Waals surface area contributed by atoms with Crippen LogP contribution in [0.1, 0.15) is 90.9 Å². The van der Waals surface area contributed by atoms with Crippen molar-refractivity contribution in [1.82, 2.24) is 0 Å². The summed E-state index contributed by atoms with van der Waals surface area (Å²) in [7, 11) is 0. The van der Waals surface area contributed by atoms with Gasteiger partial charge in [-0.25, -0.2) is 0 Å². The van der Waals surface area contributed by atoms with E-state index < -0.39 is 86.7 Å². The predicted molar refractivity (Wildman–Crippen MR) is 178 cm³/mol. The molecule has 0 aromatic carbocycles. The molecule has 0 radical (unpaired) electrons. The molecule has 2 rings (SSSR count). The Labute approximate surface area is 290 Å². The highest BCUT2D eigenvalue weighted by molar-refractivity contribution is 5.66. The first kappa shape index (κ1) is 43.6. The molecular formula is C35H62O14. The zero-order valence-corrected chi connectivity index (χ0v) is 29.2. The monoisotopic (exact) mass is 706 g/mol. The summed E-state index contributed by atoms with van der Waals surface area (Å²) < 4.78 is 32.9. The minimum Gasteiger partial charge on any atom is -0.458 e. The van der Waals surface area contributed by atoms with Crippen LogP contribution in [0, 0.1) is 0 Å². The number of esters is 1. The summed E-state index contributed by atoms with van der Waals surface area (Å²) >= 11 is 0. The van der Waals surface area contributed by atoms with Gasteiger partial charge in [0.1, 0.15) is 54.9 Å². The lowest BCUT2D eigenvalue weighted by atomic mass is 9.98. The van der Waals surface area contributed by atoms with E-state index in [1.165, 1.54) is 45.4 Å². The van der Waals surface area contributed by atoms with Gasteiger partial charge in [0.25, 0.3) is 0 Å². The summed E-state index contributed by atoms with van der Waals surface area (Å²) in [5, 5.41) is 70.7. The zero-order valence-electron chi connectivity index (χ0n) is 29.2. The molecule has 286 valence electrons. The Kier molecular flexibility index (Phi) is 22.6. The molecule has 49 heavy (non-hydrogen) atoms. The van der Waals surface area contributed by atoms with Gasteiger partial charge in [0.15, 0.2) is 12.6 Å². The van der Waals surface area contributed by atoms with Crippen molar-refractivity contribution in [2.45, 2.75) is 158 Å². The van der Waals surface area contributed by atoms with Crippen LogP contribution in [0.4, 0.5) is 0 Å². The second kappa shape index (κ2) is 25.4. The van der Waals surface area contributed by atoms with Crippen molar-refractivity contribution < 1.29 is 69.0 Å². The number of aliphatic hydroxyl groups excluding tert-OH is 7. The van der Waals surface area contributed by atoms with Crippen molar-refractivity contribution in [3.8, 4) is 0 Å². The Bertz CT molecular complexity index is 917. The summed E-state index contributed by atoms with van der Waals surface area (Å²) in [4.78, 5) is 11.7. The Morgan fingerprint density at radius 3 is 1.84 bits per heavy atom. The van der Waals surface area contributed by atoms with Crippen LogP contribution < -0.4 is 0 Å². The lowest BCUT2D eigenvalue weighted by Gasteiger charge is -2.42. The van der Waals surface area contributed by atoms with E-state index in [4.69, 9.17) is 28.4 Å². The molecule has 0 amide bonds. The number of aliphatic hydroxyl groups is 7. The molecule has 7 N–H and O–H groups in total. The average Bonchev–Trinajstić information content (AvgIpc) is 3.08. The van der Waals surface area contributed by atoms with Gasteiger partial charge in [-0.15, -0.1) is 0 Å². The maximum absolute atomic E-state index is 11.7. The van der Waals surface area contributed by atoms with E-state index in [0.717, 1.165) is 38.5 Å². The maximum atomic E-state index is 11.7. The van der Waals surface area contributed by atoms with Gasteiger partial charge in [-0.2, -0.15) is 0 Å². The van der Waals surface area contributed by atoms with Gasteiger partial charge in [0, 0.05) is 13.5 Å². The molecule has 0 saturated carbocycles. The smallest absolute Gasteiger partial charge is 0.303 e. The Morgan fingerprint density at radius 1 is 0.673 bits per heavy atom. The van der Waals surface area contributed by atoms with Crippen molar-refractivity contribution >= 4 is 5.97 Å². The standard InChI is InChI=1S/C35H62O14/c1-3-4-5-6-7-8-9-10-11-12-13-14-15-16-17-18-19-44-21-25(47-24(2)37)22-45-34-33(43)31(41)29(39)27(49-34)23-46-35-32(42)30(40)28(38)26(20-36)48-35/h7-8,10-11,25-36,38-43H,3-6,9,12-23H2,1-2H3/b8-7-,11-10-. The van der Waals surface area contributed by atoms with Crippen molar-refractivity contribution in [2.75, 3.05) is 33.0 Å². The number of allylic oxidation sites excluding steroid dienone is 4. The van der Waals surface area contributed by atoms with Crippen LogP contribution in [-0.4, -0.2) is 142 Å². The zero-order chi connectivity index (χ0) is 36.0. The first-order valence-electron chi connectivity index (χ1n) is 17.9. The average molecular weight is 707 g/mol. The normalized spacial score (nSPS) is 31.4. The van der Waals surface area contributed by atoms with E-state index >= 15 is 0 Å². The van der Waals surface area contributed by atoms with Gasteiger partial charge in [-0.1, -0.05) is 69.8 Å². The molecule has 11 unspecified atom stereocenters. The summed E-state index contributed by atoms with van der Waals surface area (Å²) in [6.45, 7) is 2.59. The number of hydrogen-bond acceptors (Lipinski definition) is 14. The van der Waals surface area contributed by atoms with E-state index in [9.17, 15) is 40.5 Å². The van der Waals surface area contributed by atoms with Crippen molar-refractivity contribution in [2.24, 2.45) is 0 Å². The number of carbonyl (C=O) groups excluding carboxylic acids is 1. The number of rotatable bonds is 25. The topological polar surface area (TPSA) is 214 Å². The summed E-state index contributed by atoms with van der Waals surface area (Å²) in [5.41, 5.74) is 0. The van der Waals surface area contributed by atoms with E-state index in [1.807, 2.05) is 0 Å². The lowest BCUT2D eigenvalue weighted by molar-refractivity contribution is -0.332. The van der Waals surface area contributed by atoms with Gasteiger partial charge in [0.2, 0.25) is 0 Å². The number of unbranched alkanes of at least 4 members (excludes halogenated alkanes) is 9. The van der Waals surface area contributed by atoms with Crippen LogP contribution in [0.25, 0.3) is 0 Å². The van der Waals surface area contributed by atoms with Crippen LogP contribution >= 0.6 is 0 Å². The molecule has 0 aromatic heterocycles. The van der Waals surface area contributed by atoms with Gasteiger partial charge in [0.05, 0.1) is 26.4 Å². The fourth-order valence-corrected chi connectivity index (χ4v) is 5.55. The molecule has 0 aromatic rings. The third kappa shape index (κ3) is 16.6. The third-order valence-electron chi connectivity index (χ3n) is 8.51. The maximum Gasteiger partial charge on any atom is 0.303 e. The number of ether oxygens (including phenoxy) is 6. The molecule has 0 aliphatic carbocycles. The van der Waals surface area contributed by atoms with Gasteiger partial charge in [-0.05, 0) is 38.5 Å². The van der Waals surface area contributed by atoms with E-state index in [1.54, 1.807) is 0 Å². The van der Waals surface area contributed by atoms with E-state index in [0.29, 0.717) is 6.61 Å². The number of hydrogen-bond donors (Lipinski definition) is 7. The van der Waals surface area contributed by atoms with E-state index in [-0.39, 0.29) is 13.2 Å². The Morgan fingerprint density at radius 2 is 1.22 bits per heavy atom. The lowest BCUT2D eigenvalue weighted by Crippen LogP contribution is -2.61. The molecule has 0 spiro atoms. The van der Waals surface area contributed by atoms with Crippen LogP contribution in [0.3, 0.4) is 0 Å². The highest BCUT2D eigenvalue weighted by Gasteiger charge is 2.47. The van der Waals surface area contributed by atoms with Crippen LogP contribution in [0.2, 0.25) is 0 Å². The van der Waals surface area contributed by atoms with Gasteiger partial charge >= 0.3 is 5.97 Å². The summed E-state index contributed by atoms with van der Waals surface area (Å²) in [5.74, 6) is -0.558. The molecule has 2 aliphatic heterocycles. The first-order valence-corrected chi connectivity index (χ1v) is 17.9. The first-order chi connectivity index (χ1) is 23.6. The largest absolute Gasteiger partial charge is 0.458 e. The van der Waals surface area contributed by atoms with E-state index in [2.05, 4.69) is 31.2 Å². The SMILES string of the molecule is CCCCC/C=C\C/C=C\CCCCCCCCOCC(COC1OC(COC2OC(CO)C(O)C(O)C2O)C(O)C(O)C1O)OC(C)=O. The fourth-order valence-electron chi connectivity index (χ4n) is 5.55. The molecule has 11 atom stereocenters. The molecule has 0 bridgehead atoms. The minimum absolute atomic E-state index is 0.0392. The van der Waals surface area contributed by atoms with Gasteiger partial charge in [-0.3, -0.25) is 4.79 Å². The van der Waals surface area contributed by atoms with Crippen molar-refractivity contribution in [3.63, 3.8) is 0 Å². The third-order valence-corrected chi connectivity index (χ3v) is 8.51. The molecule has 2 aliphatic rings. The number of carbonyl (C=O) groups is 1. The highest BCUT2D eigenvalue weighted by atomic mass is 16.7. The summed E-state index contributed by atoms with van der Waals surface area (Å²) in [6, 6.07) is 0. The quantitative estimate of drug-likeness (QED) is 0.0406. The summed E-state index contributed by atoms with van der Waals surface area (Å²) in [6.07, 6.45) is 6.48. The fraction of sp³-hybridized carbons (Fsp3) is 0.857. The van der Waals surface area contributed by atoms with Crippen LogP contribution in [0.5, 0.6) is 0 Å². The molecule has 14 nitrogen and oxygen atoms in total. The Balaban J connectivity index is 1.65. The molecule has 2 saturated heterocycles. The Hall–Kier alpha value is -1.53. The highest BCUT2D eigenvalue weighted by Crippen LogP contribution is 2.26. The molecule has 14 heteroatoms. The second-order valence-electron chi connectivity index (χ2n) is 12.8. The van der Waals surface area contributed by atoms with Crippen molar-refractivity contribution in [1.29, 1.82) is 0 Å². The minimum atomic E-state index is -1.70. The van der Waals surface area contributed by atoms with Crippen LogP contribution in [0.15, 0.2) is 24.3 Å². The second-order valence-corrected chi connectivity index (χ2v) is 12.8.